The Morgan fingerprint density at radius 1 is 1.43 bits per heavy atom. The van der Waals surface area contributed by atoms with Crippen LogP contribution in [-0.2, 0) is 0 Å². The highest BCUT2D eigenvalue weighted by molar-refractivity contribution is 7.16. The number of carbonyl (C=O) groups is 1. The molecule has 1 aromatic carbocycles. The average molecular weight is 348 g/mol. The molecule has 23 heavy (non-hydrogen) atoms. The van der Waals surface area contributed by atoms with E-state index >= 15 is 0 Å². The van der Waals surface area contributed by atoms with E-state index < -0.39 is 5.91 Å². The number of nitrogens with two attached hydrogens (primary N) is 1. The first-order valence-electron chi connectivity index (χ1n) is 6.89. The fourth-order valence-electron chi connectivity index (χ4n) is 2.20. The highest BCUT2D eigenvalue weighted by Gasteiger charge is 2.19. The number of hydrogen-bond donors (Lipinski definition) is 1. The molecule has 5 nitrogen and oxygen atoms in total. The summed E-state index contributed by atoms with van der Waals surface area (Å²) >= 11 is 7.45. The number of aromatic nitrogens is 2. The van der Waals surface area contributed by atoms with E-state index in [9.17, 15) is 4.79 Å². The van der Waals surface area contributed by atoms with Crippen LogP contribution < -0.4 is 10.5 Å². The number of rotatable bonds is 5. The normalized spacial score (nSPS) is 12.1. The molecule has 118 valence electrons. The minimum Gasteiger partial charge on any atom is -0.484 e. The van der Waals surface area contributed by atoms with E-state index in [1.807, 2.05) is 25.1 Å². The number of benzene rings is 1. The number of hydrogen-bond acceptors (Lipinski definition) is 4. The first kappa shape index (κ1) is 15.6. The van der Waals surface area contributed by atoms with Gasteiger partial charge in [0.2, 0.25) is 0 Å². The summed E-state index contributed by atoms with van der Waals surface area (Å²) in [5, 5.41) is 1.42. The molecule has 2 N–H and O–H groups in total. The third-order valence-electron chi connectivity index (χ3n) is 3.31. The summed E-state index contributed by atoms with van der Waals surface area (Å²) in [5.74, 6) is -0.0821. The molecular formula is C16H14ClN3O2S. The van der Waals surface area contributed by atoms with Crippen molar-refractivity contribution in [3.63, 3.8) is 0 Å². The molecule has 1 atom stereocenters. The molecule has 2 heterocycles. The summed E-state index contributed by atoms with van der Waals surface area (Å²) < 4.78 is 7.74. The van der Waals surface area contributed by atoms with Gasteiger partial charge in [0.05, 0.1) is 6.33 Å². The molecule has 0 saturated carbocycles. The number of amides is 1. The van der Waals surface area contributed by atoms with Crippen LogP contribution in [0.1, 0.15) is 28.3 Å². The summed E-state index contributed by atoms with van der Waals surface area (Å²) in [5.41, 5.74) is 6.31. The van der Waals surface area contributed by atoms with Crippen LogP contribution in [-0.4, -0.2) is 15.5 Å². The lowest BCUT2D eigenvalue weighted by Crippen LogP contribution is -2.12. The molecule has 0 saturated heterocycles. The number of primary amides is 1. The maximum Gasteiger partial charge on any atom is 0.262 e. The Kier molecular flexibility index (Phi) is 4.36. The quantitative estimate of drug-likeness (QED) is 0.762. The minimum atomic E-state index is -0.525. The molecule has 0 aliphatic carbocycles. The largest absolute Gasteiger partial charge is 0.484 e. The molecule has 0 fully saturated rings. The van der Waals surface area contributed by atoms with Crippen LogP contribution in [0.4, 0.5) is 0 Å². The highest BCUT2D eigenvalue weighted by Crippen LogP contribution is 2.35. The van der Waals surface area contributed by atoms with Crippen LogP contribution in [0.25, 0.3) is 5.00 Å². The van der Waals surface area contributed by atoms with Crippen LogP contribution >= 0.6 is 22.9 Å². The Labute approximate surface area is 142 Å². The number of ether oxygens (including phenoxy) is 1. The molecule has 1 unspecified atom stereocenters. The zero-order valence-electron chi connectivity index (χ0n) is 12.3. The van der Waals surface area contributed by atoms with Crippen molar-refractivity contribution >= 4 is 28.8 Å². The lowest BCUT2D eigenvalue weighted by molar-refractivity contribution is 0.0998. The monoisotopic (exact) mass is 347 g/mol. The molecule has 0 aliphatic rings. The fourth-order valence-corrected chi connectivity index (χ4v) is 3.38. The Morgan fingerprint density at radius 2 is 2.22 bits per heavy atom. The van der Waals surface area contributed by atoms with Gasteiger partial charge in [-0.2, -0.15) is 0 Å². The van der Waals surface area contributed by atoms with Gasteiger partial charge < -0.3 is 10.5 Å². The van der Waals surface area contributed by atoms with E-state index in [0.29, 0.717) is 15.6 Å². The van der Waals surface area contributed by atoms with Gasteiger partial charge in [-0.15, -0.1) is 11.3 Å². The van der Waals surface area contributed by atoms with E-state index in [1.54, 1.807) is 35.4 Å². The van der Waals surface area contributed by atoms with E-state index in [2.05, 4.69) is 4.98 Å². The maximum absolute atomic E-state index is 11.7. The molecule has 1 amide bonds. The summed E-state index contributed by atoms with van der Waals surface area (Å²) in [6.07, 6.45) is 4.79. The zero-order chi connectivity index (χ0) is 16.4. The fraction of sp³-hybridized carbons (Fsp3) is 0.125. The number of nitrogens with zero attached hydrogens (tertiary/aromatic N) is 2. The van der Waals surface area contributed by atoms with E-state index in [4.69, 9.17) is 22.1 Å². The van der Waals surface area contributed by atoms with E-state index in [0.717, 1.165) is 10.6 Å². The molecule has 0 radical (unpaired) electrons. The van der Waals surface area contributed by atoms with Gasteiger partial charge >= 0.3 is 0 Å². The van der Waals surface area contributed by atoms with Crippen LogP contribution in [0.15, 0.2) is 49.1 Å². The lowest BCUT2D eigenvalue weighted by atomic mass is 10.1. The van der Waals surface area contributed by atoms with Crippen molar-refractivity contribution < 1.29 is 9.53 Å². The van der Waals surface area contributed by atoms with Gasteiger partial charge in [0.1, 0.15) is 21.7 Å². The van der Waals surface area contributed by atoms with Crippen molar-refractivity contribution in [1.82, 2.24) is 9.55 Å². The first-order chi connectivity index (χ1) is 11.1. The smallest absolute Gasteiger partial charge is 0.262 e. The maximum atomic E-state index is 11.7. The van der Waals surface area contributed by atoms with Crippen LogP contribution in [0, 0.1) is 0 Å². The Morgan fingerprint density at radius 3 is 2.87 bits per heavy atom. The second-order valence-corrected chi connectivity index (χ2v) is 6.33. The van der Waals surface area contributed by atoms with Crippen molar-refractivity contribution in [2.75, 3.05) is 0 Å². The minimum absolute atomic E-state index is 0.313. The molecule has 7 heteroatoms. The van der Waals surface area contributed by atoms with Crippen molar-refractivity contribution in [3.8, 4) is 10.8 Å². The lowest BCUT2D eigenvalue weighted by Gasteiger charge is -2.16. The van der Waals surface area contributed by atoms with Gasteiger partial charge in [0, 0.05) is 29.0 Å². The van der Waals surface area contributed by atoms with Gasteiger partial charge in [0.15, 0.2) is 0 Å². The van der Waals surface area contributed by atoms with E-state index in [-0.39, 0.29) is 6.10 Å². The topological polar surface area (TPSA) is 70.1 Å². The van der Waals surface area contributed by atoms with Crippen molar-refractivity contribution in [2.24, 2.45) is 5.73 Å². The average Bonchev–Trinajstić information content (AvgIpc) is 3.16. The van der Waals surface area contributed by atoms with Crippen LogP contribution in [0.2, 0.25) is 5.02 Å². The van der Waals surface area contributed by atoms with Crippen LogP contribution in [0.5, 0.6) is 5.75 Å². The van der Waals surface area contributed by atoms with Crippen molar-refractivity contribution in [3.05, 3.63) is 64.5 Å². The SMILES string of the molecule is CC(Oc1cc(-n2ccnc2)sc1C(N)=O)c1ccccc1Cl. The number of halogens is 1. The standard InChI is InChI=1S/C16H14ClN3O2S/c1-10(11-4-2-3-5-12(11)17)22-13-8-14(20-7-6-19-9-20)23-15(13)16(18)21/h2-10H,1H3,(H2,18,21). The Bertz CT molecular complexity index is 830. The van der Waals surface area contributed by atoms with E-state index in [1.165, 1.54) is 11.3 Å². The van der Waals surface area contributed by atoms with Gasteiger partial charge in [-0.1, -0.05) is 29.8 Å². The Balaban J connectivity index is 1.93. The summed E-state index contributed by atoms with van der Waals surface area (Å²) in [7, 11) is 0. The highest BCUT2D eigenvalue weighted by atomic mass is 35.5. The Hall–Kier alpha value is -2.31. The number of imidazole rings is 1. The molecule has 0 bridgehead atoms. The second-order valence-electron chi connectivity index (χ2n) is 4.89. The molecule has 3 aromatic rings. The first-order valence-corrected chi connectivity index (χ1v) is 8.08. The molecule has 2 aromatic heterocycles. The van der Waals surface area contributed by atoms with Crippen LogP contribution in [0.3, 0.4) is 0 Å². The summed E-state index contributed by atoms with van der Waals surface area (Å²) in [6.45, 7) is 1.88. The second kappa shape index (κ2) is 6.44. The predicted octanol–water partition coefficient (Wildman–Crippen LogP) is 3.83. The number of thiophene rings is 1. The van der Waals surface area contributed by atoms with Crippen molar-refractivity contribution in [1.29, 1.82) is 0 Å². The number of carbonyl (C=O) groups excluding carboxylic acids is 1. The van der Waals surface area contributed by atoms with Gasteiger partial charge in [-0.25, -0.2) is 4.98 Å². The molecule has 0 spiro atoms. The van der Waals surface area contributed by atoms with Crippen molar-refractivity contribution in [2.45, 2.75) is 13.0 Å². The predicted molar refractivity (Wildman–Crippen MR) is 90.5 cm³/mol. The molecule has 0 aliphatic heterocycles. The zero-order valence-corrected chi connectivity index (χ0v) is 13.8. The third-order valence-corrected chi connectivity index (χ3v) is 4.80. The van der Waals surface area contributed by atoms with Gasteiger partial charge in [-0.3, -0.25) is 9.36 Å². The van der Waals surface area contributed by atoms with Gasteiger partial charge in [-0.05, 0) is 13.0 Å². The molecular weight excluding hydrogens is 334 g/mol. The van der Waals surface area contributed by atoms with Gasteiger partial charge in [0.25, 0.3) is 5.91 Å². The molecule has 3 rings (SSSR count). The third kappa shape index (κ3) is 3.23. The summed E-state index contributed by atoms with van der Waals surface area (Å²) in [6, 6.07) is 9.21. The summed E-state index contributed by atoms with van der Waals surface area (Å²) in [4.78, 5) is 16.1.